The molecule has 0 saturated heterocycles. The second-order valence-electron chi connectivity index (χ2n) is 10.1. The van der Waals surface area contributed by atoms with E-state index < -0.39 is 0 Å². The summed E-state index contributed by atoms with van der Waals surface area (Å²) in [5, 5.41) is 2.27. The monoisotopic (exact) mass is 702 g/mol. The molecule has 0 bridgehead atoms. The van der Waals surface area contributed by atoms with Gasteiger partial charge in [-0.05, 0) is 54.2 Å². The van der Waals surface area contributed by atoms with Crippen molar-refractivity contribution in [3.63, 3.8) is 0 Å². The summed E-state index contributed by atoms with van der Waals surface area (Å²) in [5.74, 6) is 2.54. The Morgan fingerprint density at radius 2 is 1.57 bits per heavy atom. The molecule has 6 heteroatoms. The fourth-order valence-corrected chi connectivity index (χ4v) is 5.30. The molecule has 4 aromatic carbocycles. The molecule has 3 heterocycles. The van der Waals surface area contributed by atoms with E-state index in [1.165, 1.54) is 5.56 Å². The van der Waals surface area contributed by atoms with E-state index in [-0.39, 0.29) is 21.1 Å². The van der Waals surface area contributed by atoms with Gasteiger partial charge < -0.3 is 19.1 Å². The number of benzene rings is 4. The first-order valence-corrected chi connectivity index (χ1v) is 13.1. The maximum Gasteiger partial charge on any atom is 0.135 e. The molecule has 2 aromatic heterocycles. The van der Waals surface area contributed by atoms with Crippen molar-refractivity contribution in [2.45, 2.75) is 19.8 Å². The zero-order valence-electron chi connectivity index (χ0n) is 22.4. The molecule has 5 nitrogen and oxygen atoms in total. The van der Waals surface area contributed by atoms with Crippen molar-refractivity contribution in [2.75, 3.05) is 16.8 Å². The predicted octanol–water partition coefficient (Wildman–Crippen LogP) is 8.40. The third-order valence-corrected chi connectivity index (χ3v) is 7.26. The van der Waals surface area contributed by atoms with Gasteiger partial charge in [0.1, 0.15) is 5.82 Å². The Labute approximate surface area is 248 Å². The van der Waals surface area contributed by atoms with Crippen molar-refractivity contribution >= 4 is 38.9 Å². The average Bonchev–Trinajstić information content (AvgIpc) is 3.48. The van der Waals surface area contributed by atoms with Gasteiger partial charge in [-0.1, -0.05) is 49.7 Å². The van der Waals surface area contributed by atoms with Crippen molar-refractivity contribution in [1.82, 2.24) is 9.55 Å². The Morgan fingerprint density at radius 3 is 2.42 bits per heavy atom. The van der Waals surface area contributed by atoms with Crippen LogP contribution in [0.1, 0.15) is 25.3 Å². The van der Waals surface area contributed by atoms with Crippen molar-refractivity contribution in [3.05, 3.63) is 122 Å². The third kappa shape index (κ3) is 4.45. The topological polar surface area (TPSA) is 33.5 Å². The molecule has 7 rings (SSSR count). The summed E-state index contributed by atoms with van der Waals surface area (Å²) in [7, 11) is 2.05. The SMILES string of the molecule is CC(C)c1ccnc(-n2c3[c-]c(Oc4[c-]c(N5[CH-]N(C)c6ccccc65)ccc4)ccc3c3ccccc32)c1.[Pt]. The minimum Gasteiger partial charge on any atom is -0.509 e. The minimum absolute atomic E-state index is 0. The zero-order valence-corrected chi connectivity index (χ0v) is 24.7. The number of fused-ring (bicyclic) bond motifs is 4. The maximum atomic E-state index is 6.35. The Bertz CT molecular complexity index is 1840. The molecule has 0 atom stereocenters. The molecule has 1 aliphatic rings. The molecule has 0 N–H and O–H groups in total. The normalized spacial score (nSPS) is 12.7. The van der Waals surface area contributed by atoms with E-state index in [0.717, 1.165) is 44.7 Å². The number of nitrogens with zero attached hydrogens (tertiary/aromatic N) is 4. The van der Waals surface area contributed by atoms with Crippen LogP contribution in [0, 0.1) is 18.8 Å². The Hall–Kier alpha value is -4.08. The van der Waals surface area contributed by atoms with Crippen molar-refractivity contribution in [1.29, 1.82) is 0 Å². The third-order valence-electron chi connectivity index (χ3n) is 7.26. The van der Waals surface area contributed by atoms with Gasteiger partial charge in [0.25, 0.3) is 0 Å². The number of ether oxygens (including phenoxy) is 1. The maximum absolute atomic E-state index is 6.35. The van der Waals surface area contributed by atoms with Gasteiger partial charge in [-0.15, -0.1) is 41.4 Å². The summed E-state index contributed by atoms with van der Waals surface area (Å²) in [4.78, 5) is 8.98. The van der Waals surface area contributed by atoms with Crippen LogP contribution < -0.4 is 14.5 Å². The second-order valence-corrected chi connectivity index (χ2v) is 10.1. The van der Waals surface area contributed by atoms with E-state index in [2.05, 4.69) is 108 Å². The summed E-state index contributed by atoms with van der Waals surface area (Å²) in [6.07, 6.45) is 1.89. The molecular weight excluding hydrogens is 675 g/mol. The largest absolute Gasteiger partial charge is 0.509 e. The molecule has 40 heavy (non-hydrogen) atoms. The number of aromatic nitrogens is 2. The first kappa shape index (κ1) is 26.2. The van der Waals surface area contributed by atoms with E-state index in [0.29, 0.717) is 17.4 Å². The molecule has 0 saturated carbocycles. The van der Waals surface area contributed by atoms with Crippen LogP contribution in [-0.4, -0.2) is 16.6 Å². The fourth-order valence-electron chi connectivity index (χ4n) is 5.30. The average molecular weight is 703 g/mol. The molecule has 0 radical (unpaired) electrons. The van der Waals surface area contributed by atoms with Gasteiger partial charge in [0.15, 0.2) is 0 Å². The van der Waals surface area contributed by atoms with Crippen LogP contribution in [0.5, 0.6) is 11.5 Å². The number of hydrogen-bond donors (Lipinski definition) is 0. The van der Waals surface area contributed by atoms with Crippen LogP contribution in [0.15, 0.2) is 97.2 Å². The summed E-state index contributed by atoms with van der Waals surface area (Å²) in [5.41, 5.74) is 6.45. The summed E-state index contributed by atoms with van der Waals surface area (Å²) in [6, 6.07) is 38.0. The van der Waals surface area contributed by atoms with Crippen molar-refractivity contribution < 1.29 is 25.8 Å². The molecule has 0 aliphatic carbocycles. The Kier molecular flexibility index (Phi) is 6.85. The van der Waals surface area contributed by atoms with Gasteiger partial charge >= 0.3 is 0 Å². The van der Waals surface area contributed by atoms with E-state index in [9.17, 15) is 0 Å². The fraction of sp³-hybridized carbons (Fsp3) is 0.118. The van der Waals surface area contributed by atoms with Gasteiger partial charge in [0.05, 0.1) is 0 Å². The molecule has 1 aliphatic heterocycles. The summed E-state index contributed by atoms with van der Waals surface area (Å²) >= 11 is 0. The first-order chi connectivity index (χ1) is 19.1. The van der Waals surface area contributed by atoms with E-state index in [4.69, 9.17) is 9.72 Å². The van der Waals surface area contributed by atoms with Crippen LogP contribution >= 0.6 is 0 Å². The summed E-state index contributed by atoms with van der Waals surface area (Å²) < 4.78 is 8.53. The van der Waals surface area contributed by atoms with E-state index in [1.807, 2.05) is 43.6 Å². The number of para-hydroxylation sites is 3. The predicted molar refractivity (Wildman–Crippen MR) is 158 cm³/mol. The number of hydrogen-bond acceptors (Lipinski definition) is 4. The molecule has 0 amide bonds. The number of rotatable bonds is 5. The Balaban J connectivity index is 0.00000289. The number of pyridine rings is 1. The van der Waals surface area contributed by atoms with Crippen LogP contribution in [0.2, 0.25) is 0 Å². The molecular formula is C34H27N4OPt-3. The van der Waals surface area contributed by atoms with Gasteiger partial charge in [-0.3, -0.25) is 0 Å². The van der Waals surface area contributed by atoms with Gasteiger partial charge in [-0.2, -0.15) is 18.8 Å². The van der Waals surface area contributed by atoms with Crippen LogP contribution in [0.25, 0.3) is 27.6 Å². The summed E-state index contributed by atoms with van der Waals surface area (Å²) in [6.45, 7) is 6.46. The van der Waals surface area contributed by atoms with Crippen molar-refractivity contribution in [2.24, 2.45) is 0 Å². The van der Waals surface area contributed by atoms with Gasteiger partial charge in [0, 0.05) is 55.7 Å². The second kappa shape index (κ2) is 10.5. The van der Waals surface area contributed by atoms with Crippen molar-refractivity contribution in [3.8, 4) is 17.3 Å². The smallest absolute Gasteiger partial charge is 0.135 e. The van der Waals surface area contributed by atoms with Crippen LogP contribution in [-0.2, 0) is 21.1 Å². The minimum atomic E-state index is 0. The van der Waals surface area contributed by atoms with Gasteiger partial charge in [0.2, 0.25) is 0 Å². The quantitative estimate of drug-likeness (QED) is 0.169. The van der Waals surface area contributed by atoms with E-state index >= 15 is 0 Å². The Morgan fingerprint density at radius 1 is 0.800 bits per heavy atom. The standard InChI is InChI=1S/C34H27N4O.Pt/c1-23(2)24-17-18-35-34(19-24)38-30-12-5-4-11-28(30)29-16-15-27(21-33(29)38)39-26-10-8-9-25(20-26)37-22-36(3)31-13-6-7-14-32(31)37;/h4-19,22-23H,1-3H3;/q-3;. The molecule has 0 spiro atoms. The molecule has 0 fully saturated rings. The van der Waals surface area contributed by atoms with Gasteiger partial charge in [-0.25, -0.2) is 4.98 Å². The molecule has 6 aromatic rings. The molecule has 202 valence electrons. The first-order valence-electron chi connectivity index (χ1n) is 13.1. The van der Waals surface area contributed by atoms with Crippen LogP contribution in [0.3, 0.4) is 0 Å². The zero-order chi connectivity index (χ0) is 26.5. The van der Waals surface area contributed by atoms with E-state index in [1.54, 1.807) is 0 Å². The molecule has 0 unspecified atom stereocenters. The number of anilines is 3. The van der Waals surface area contributed by atoms with Crippen LogP contribution in [0.4, 0.5) is 17.1 Å².